The lowest BCUT2D eigenvalue weighted by molar-refractivity contribution is -0.185. The second-order valence-corrected chi connectivity index (χ2v) is 7.77. The Balaban J connectivity index is 1.18. The Kier molecular flexibility index (Phi) is 6.04. The highest BCUT2D eigenvalue weighted by Gasteiger charge is 2.39. The molecular weight excluding hydrogens is 358 g/mol. The van der Waals surface area contributed by atoms with Gasteiger partial charge >= 0.3 is 0 Å². The summed E-state index contributed by atoms with van der Waals surface area (Å²) in [5.41, 5.74) is 1.19. The van der Waals surface area contributed by atoms with Gasteiger partial charge in [-0.05, 0) is 24.3 Å². The predicted octanol–water partition coefficient (Wildman–Crippen LogP) is 1.57. The number of carbonyl (C=O) groups excluding carboxylic acids is 1. The maximum Gasteiger partial charge on any atom is 0.223 e. The van der Waals surface area contributed by atoms with Crippen LogP contribution < -0.4 is 9.64 Å². The molecule has 7 nitrogen and oxygen atoms in total. The topological polar surface area (TPSA) is 54.5 Å². The number of piperazine rings is 1. The molecule has 1 spiro atoms. The van der Waals surface area contributed by atoms with Crippen molar-refractivity contribution in [3.63, 3.8) is 0 Å². The van der Waals surface area contributed by atoms with Crippen LogP contribution in [0, 0.1) is 0 Å². The minimum Gasteiger partial charge on any atom is -0.497 e. The van der Waals surface area contributed by atoms with Crippen LogP contribution in [0.25, 0.3) is 0 Å². The lowest BCUT2D eigenvalue weighted by atomic mass is 10.0. The fourth-order valence-electron chi connectivity index (χ4n) is 4.32. The van der Waals surface area contributed by atoms with E-state index in [0.29, 0.717) is 19.6 Å². The lowest BCUT2D eigenvalue weighted by Crippen LogP contribution is -2.50. The Bertz CT molecular complexity index is 642. The number of methoxy groups -OCH3 is 1. The molecule has 0 saturated carbocycles. The Hall–Kier alpha value is -1.83. The molecule has 3 heterocycles. The lowest BCUT2D eigenvalue weighted by Gasteiger charge is -2.38. The number of rotatable bonds is 5. The van der Waals surface area contributed by atoms with Gasteiger partial charge in [0, 0.05) is 70.8 Å². The third-order valence-corrected chi connectivity index (χ3v) is 6.14. The van der Waals surface area contributed by atoms with Crippen LogP contribution in [-0.2, 0) is 14.3 Å². The number of anilines is 1. The van der Waals surface area contributed by atoms with E-state index in [1.165, 1.54) is 5.69 Å². The number of amides is 1. The van der Waals surface area contributed by atoms with Gasteiger partial charge in [0.1, 0.15) is 5.75 Å². The van der Waals surface area contributed by atoms with Crippen LogP contribution >= 0.6 is 0 Å². The summed E-state index contributed by atoms with van der Waals surface area (Å²) in [7, 11) is 1.68. The first-order valence-electron chi connectivity index (χ1n) is 10.3. The van der Waals surface area contributed by atoms with Gasteiger partial charge in [-0.2, -0.15) is 0 Å². The van der Waals surface area contributed by atoms with Gasteiger partial charge in [0.15, 0.2) is 5.79 Å². The van der Waals surface area contributed by atoms with Crippen molar-refractivity contribution >= 4 is 11.6 Å². The van der Waals surface area contributed by atoms with E-state index < -0.39 is 0 Å². The van der Waals surface area contributed by atoms with Crippen LogP contribution in [0.4, 0.5) is 5.69 Å². The SMILES string of the molecule is COc1ccc(N2CCN(C(=O)CCN3CCC4(CC3)OCCO4)CC2)cc1. The molecule has 0 atom stereocenters. The zero-order chi connectivity index (χ0) is 19.4. The van der Waals surface area contributed by atoms with Crippen molar-refractivity contribution in [1.29, 1.82) is 0 Å². The van der Waals surface area contributed by atoms with Crippen LogP contribution in [0.3, 0.4) is 0 Å². The van der Waals surface area contributed by atoms with Crippen molar-refractivity contribution in [3.05, 3.63) is 24.3 Å². The maximum absolute atomic E-state index is 12.6. The summed E-state index contributed by atoms with van der Waals surface area (Å²) in [6.45, 7) is 7.45. The molecule has 3 aliphatic heterocycles. The largest absolute Gasteiger partial charge is 0.497 e. The Morgan fingerprint density at radius 3 is 2.25 bits per heavy atom. The van der Waals surface area contributed by atoms with Gasteiger partial charge in [0.05, 0.1) is 20.3 Å². The predicted molar refractivity (Wildman–Crippen MR) is 107 cm³/mol. The molecular formula is C21H31N3O4. The first-order chi connectivity index (χ1) is 13.7. The zero-order valence-corrected chi connectivity index (χ0v) is 16.8. The number of likely N-dealkylation sites (tertiary alicyclic amines) is 1. The Labute approximate surface area is 167 Å². The molecule has 4 rings (SSSR count). The number of hydrogen-bond acceptors (Lipinski definition) is 6. The summed E-state index contributed by atoms with van der Waals surface area (Å²) in [6.07, 6.45) is 2.40. The highest BCUT2D eigenvalue weighted by atomic mass is 16.7. The van der Waals surface area contributed by atoms with Crippen molar-refractivity contribution in [2.45, 2.75) is 25.0 Å². The van der Waals surface area contributed by atoms with Crippen LogP contribution in [-0.4, -0.2) is 87.6 Å². The van der Waals surface area contributed by atoms with E-state index in [-0.39, 0.29) is 11.7 Å². The van der Waals surface area contributed by atoms with Crippen LogP contribution in [0.2, 0.25) is 0 Å². The number of piperidine rings is 1. The molecule has 7 heteroatoms. The van der Waals surface area contributed by atoms with Gasteiger partial charge in [0.25, 0.3) is 0 Å². The fourth-order valence-corrected chi connectivity index (χ4v) is 4.32. The molecule has 0 N–H and O–H groups in total. The average Bonchev–Trinajstić information content (AvgIpc) is 3.21. The second-order valence-electron chi connectivity index (χ2n) is 7.77. The molecule has 3 fully saturated rings. The molecule has 3 aliphatic rings. The van der Waals surface area contributed by atoms with E-state index in [2.05, 4.69) is 21.9 Å². The number of ether oxygens (including phenoxy) is 3. The van der Waals surface area contributed by atoms with E-state index in [9.17, 15) is 4.79 Å². The Morgan fingerprint density at radius 1 is 1.00 bits per heavy atom. The fraction of sp³-hybridized carbons (Fsp3) is 0.667. The molecule has 1 aromatic rings. The van der Waals surface area contributed by atoms with Gasteiger partial charge in [-0.1, -0.05) is 0 Å². The van der Waals surface area contributed by atoms with Crippen LogP contribution in [0.1, 0.15) is 19.3 Å². The van der Waals surface area contributed by atoms with Gasteiger partial charge in [-0.25, -0.2) is 0 Å². The first-order valence-corrected chi connectivity index (χ1v) is 10.3. The van der Waals surface area contributed by atoms with Gasteiger partial charge in [-0.3, -0.25) is 4.79 Å². The van der Waals surface area contributed by atoms with E-state index in [1.54, 1.807) is 7.11 Å². The molecule has 0 aliphatic carbocycles. The Morgan fingerprint density at radius 2 is 1.64 bits per heavy atom. The third kappa shape index (κ3) is 4.42. The van der Waals surface area contributed by atoms with Gasteiger partial charge in [0.2, 0.25) is 5.91 Å². The molecule has 0 radical (unpaired) electrons. The minimum atomic E-state index is -0.335. The number of hydrogen-bond donors (Lipinski definition) is 0. The monoisotopic (exact) mass is 389 g/mol. The number of nitrogens with zero attached hydrogens (tertiary/aromatic N) is 3. The molecule has 0 unspecified atom stereocenters. The van der Waals surface area contributed by atoms with E-state index in [4.69, 9.17) is 14.2 Å². The molecule has 1 amide bonds. The third-order valence-electron chi connectivity index (χ3n) is 6.14. The molecule has 0 aromatic heterocycles. The van der Waals surface area contributed by atoms with Crippen LogP contribution in [0.5, 0.6) is 5.75 Å². The van der Waals surface area contributed by atoms with Crippen molar-refractivity contribution in [1.82, 2.24) is 9.80 Å². The highest BCUT2D eigenvalue weighted by molar-refractivity contribution is 5.76. The summed E-state index contributed by atoms with van der Waals surface area (Å²) in [5.74, 6) is 0.799. The molecule has 28 heavy (non-hydrogen) atoms. The summed E-state index contributed by atoms with van der Waals surface area (Å²) < 4.78 is 16.8. The second kappa shape index (κ2) is 8.68. The summed E-state index contributed by atoms with van der Waals surface area (Å²) >= 11 is 0. The quantitative estimate of drug-likeness (QED) is 0.762. The van der Waals surface area contributed by atoms with Crippen molar-refractivity contribution < 1.29 is 19.0 Å². The molecule has 0 bridgehead atoms. The smallest absolute Gasteiger partial charge is 0.223 e. The van der Waals surface area contributed by atoms with Crippen LogP contribution in [0.15, 0.2) is 24.3 Å². The van der Waals surface area contributed by atoms with Crippen molar-refractivity contribution in [2.75, 3.05) is 71.0 Å². The normalized spacial score (nSPS) is 22.6. The van der Waals surface area contributed by atoms with Gasteiger partial charge in [-0.15, -0.1) is 0 Å². The number of benzene rings is 1. The standard InChI is InChI=1S/C21H31N3O4/c1-26-19-4-2-18(3-5-19)23-12-14-24(15-13-23)20(25)6-9-22-10-7-21(8-11-22)27-16-17-28-21/h2-5H,6-17H2,1H3. The zero-order valence-electron chi connectivity index (χ0n) is 16.8. The van der Waals surface area contributed by atoms with Crippen molar-refractivity contribution in [3.8, 4) is 5.75 Å². The van der Waals surface area contributed by atoms with E-state index >= 15 is 0 Å². The highest BCUT2D eigenvalue weighted by Crippen LogP contribution is 2.31. The first kappa shape index (κ1) is 19.5. The molecule has 1 aromatic carbocycles. The van der Waals surface area contributed by atoms with E-state index in [1.807, 2.05) is 17.0 Å². The van der Waals surface area contributed by atoms with Crippen molar-refractivity contribution in [2.24, 2.45) is 0 Å². The minimum absolute atomic E-state index is 0.267. The average molecular weight is 389 g/mol. The number of carbonyl (C=O) groups is 1. The maximum atomic E-state index is 12.6. The summed E-state index contributed by atoms with van der Waals surface area (Å²) in [4.78, 5) is 19.3. The summed E-state index contributed by atoms with van der Waals surface area (Å²) in [5, 5.41) is 0. The van der Waals surface area contributed by atoms with E-state index in [0.717, 1.165) is 64.4 Å². The molecule has 154 valence electrons. The summed E-state index contributed by atoms with van der Waals surface area (Å²) in [6, 6.07) is 8.13. The molecule has 3 saturated heterocycles. The van der Waals surface area contributed by atoms with Gasteiger partial charge < -0.3 is 28.9 Å².